The average Bonchev–Trinajstić information content (AvgIpc) is 2.34. The normalized spacial score (nSPS) is 20.8. The Labute approximate surface area is 98.3 Å². The molecule has 0 spiro atoms. The van der Waals surface area contributed by atoms with E-state index in [4.69, 9.17) is 4.74 Å². The number of piperidine rings is 1. The van der Waals surface area contributed by atoms with E-state index in [1.165, 1.54) is 12.8 Å². The molecule has 1 heterocycles. The number of methoxy groups -OCH3 is 1. The maximum Gasteiger partial charge on any atom is 0.222 e. The van der Waals surface area contributed by atoms with E-state index in [2.05, 4.69) is 5.32 Å². The van der Waals surface area contributed by atoms with E-state index in [1.54, 1.807) is 12.0 Å². The molecule has 1 fully saturated rings. The molecule has 1 N–H and O–H groups in total. The molecule has 0 aromatic rings. The lowest BCUT2D eigenvalue weighted by Gasteiger charge is -2.23. The molecule has 0 aromatic carbocycles. The molecular weight excluding hydrogens is 204 g/mol. The largest absolute Gasteiger partial charge is 0.383 e. The second-order valence-corrected chi connectivity index (χ2v) is 4.56. The zero-order valence-electron chi connectivity index (χ0n) is 10.5. The number of carbonyl (C=O) groups is 1. The average molecular weight is 228 g/mol. The zero-order valence-corrected chi connectivity index (χ0v) is 10.5. The highest BCUT2D eigenvalue weighted by atomic mass is 16.5. The van der Waals surface area contributed by atoms with Gasteiger partial charge in [0.05, 0.1) is 6.61 Å². The van der Waals surface area contributed by atoms with E-state index < -0.39 is 0 Å². The Balaban J connectivity index is 2.12. The van der Waals surface area contributed by atoms with Crippen molar-refractivity contribution in [2.75, 3.05) is 40.4 Å². The Bertz CT molecular complexity index is 203. The molecule has 0 aromatic heterocycles. The zero-order chi connectivity index (χ0) is 11.8. The van der Waals surface area contributed by atoms with Crippen molar-refractivity contribution in [1.82, 2.24) is 10.2 Å². The molecule has 1 saturated heterocycles. The molecule has 94 valence electrons. The Morgan fingerprint density at radius 1 is 1.56 bits per heavy atom. The van der Waals surface area contributed by atoms with Gasteiger partial charge in [0.25, 0.3) is 0 Å². The van der Waals surface area contributed by atoms with Crippen LogP contribution in [-0.2, 0) is 9.53 Å². The summed E-state index contributed by atoms with van der Waals surface area (Å²) in [5, 5.41) is 3.38. The van der Waals surface area contributed by atoms with E-state index in [1.807, 2.05) is 7.05 Å². The van der Waals surface area contributed by atoms with Gasteiger partial charge in [0.2, 0.25) is 5.91 Å². The first-order valence-electron chi connectivity index (χ1n) is 6.17. The molecule has 1 amide bonds. The van der Waals surface area contributed by atoms with Crippen LogP contribution in [0.1, 0.15) is 25.7 Å². The third-order valence-electron chi connectivity index (χ3n) is 3.22. The fourth-order valence-electron chi connectivity index (χ4n) is 2.04. The van der Waals surface area contributed by atoms with Crippen molar-refractivity contribution in [3.05, 3.63) is 0 Å². The van der Waals surface area contributed by atoms with Crippen molar-refractivity contribution in [2.45, 2.75) is 25.7 Å². The van der Waals surface area contributed by atoms with Crippen molar-refractivity contribution < 1.29 is 9.53 Å². The van der Waals surface area contributed by atoms with Gasteiger partial charge in [-0.25, -0.2) is 0 Å². The van der Waals surface area contributed by atoms with Crippen molar-refractivity contribution in [1.29, 1.82) is 0 Å². The molecule has 4 nitrogen and oxygen atoms in total. The van der Waals surface area contributed by atoms with Gasteiger partial charge in [-0.05, 0) is 38.3 Å². The number of hydrogen-bond donors (Lipinski definition) is 1. The third kappa shape index (κ3) is 4.94. The van der Waals surface area contributed by atoms with E-state index in [9.17, 15) is 4.79 Å². The van der Waals surface area contributed by atoms with Crippen LogP contribution in [0.15, 0.2) is 0 Å². The van der Waals surface area contributed by atoms with Gasteiger partial charge >= 0.3 is 0 Å². The van der Waals surface area contributed by atoms with Crippen LogP contribution in [-0.4, -0.2) is 51.2 Å². The summed E-state index contributed by atoms with van der Waals surface area (Å²) in [6.45, 7) is 3.53. The van der Waals surface area contributed by atoms with Crippen molar-refractivity contribution in [3.63, 3.8) is 0 Å². The van der Waals surface area contributed by atoms with Crippen LogP contribution in [0.25, 0.3) is 0 Å². The minimum atomic E-state index is 0.239. The number of hydrogen-bond acceptors (Lipinski definition) is 3. The van der Waals surface area contributed by atoms with Crippen LogP contribution in [0.3, 0.4) is 0 Å². The lowest BCUT2D eigenvalue weighted by molar-refractivity contribution is -0.130. The summed E-state index contributed by atoms with van der Waals surface area (Å²) in [4.78, 5) is 13.5. The minimum absolute atomic E-state index is 0.239. The molecule has 0 saturated carbocycles. The summed E-state index contributed by atoms with van der Waals surface area (Å²) < 4.78 is 4.95. The lowest BCUT2D eigenvalue weighted by atomic mass is 9.94. The van der Waals surface area contributed by atoms with Crippen LogP contribution >= 0.6 is 0 Å². The Morgan fingerprint density at radius 3 is 3.00 bits per heavy atom. The van der Waals surface area contributed by atoms with Gasteiger partial charge in [-0.3, -0.25) is 4.79 Å². The molecule has 16 heavy (non-hydrogen) atoms. The van der Waals surface area contributed by atoms with E-state index in [0.29, 0.717) is 25.5 Å². The van der Waals surface area contributed by atoms with E-state index >= 15 is 0 Å². The van der Waals surface area contributed by atoms with Gasteiger partial charge in [-0.1, -0.05) is 0 Å². The maximum atomic E-state index is 11.7. The number of ether oxygens (including phenoxy) is 1. The van der Waals surface area contributed by atoms with Gasteiger partial charge in [0.1, 0.15) is 0 Å². The second-order valence-electron chi connectivity index (χ2n) is 4.56. The molecule has 4 heteroatoms. The van der Waals surface area contributed by atoms with Gasteiger partial charge in [-0.2, -0.15) is 0 Å². The SMILES string of the molecule is COCCN(C)C(=O)CCC1CCCNC1. The predicted molar refractivity (Wildman–Crippen MR) is 64.3 cm³/mol. The highest BCUT2D eigenvalue weighted by Gasteiger charge is 2.15. The molecule has 0 radical (unpaired) electrons. The molecule has 0 bridgehead atoms. The number of likely N-dealkylation sites (N-methyl/N-ethyl adjacent to an activating group) is 1. The highest BCUT2D eigenvalue weighted by molar-refractivity contribution is 5.75. The topological polar surface area (TPSA) is 41.6 Å². The number of amides is 1. The van der Waals surface area contributed by atoms with Gasteiger partial charge in [0, 0.05) is 27.1 Å². The Morgan fingerprint density at radius 2 is 2.38 bits per heavy atom. The summed E-state index contributed by atoms with van der Waals surface area (Å²) in [5.41, 5.74) is 0. The van der Waals surface area contributed by atoms with Gasteiger partial charge in [-0.15, -0.1) is 0 Å². The summed E-state index contributed by atoms with van der Waals surface area (Å²) in [6, 6.07) is 0. The first-order valence-corrected chi connectivity index (χ1v) is 6.17. The predicted octanol–water partition coefficient (Wildman–Crippen LogP) is 0.871. The van der Waals surface area contributed by atoms with E-state index in [0.717, 1.165) is 19.5 Å². The Hall–Kier alpha value is -0.610. The van der Waals surface area contributed by atoms with Gasteiger partial charge in [0.15, 0.2) is 0 Å². The molecule has 1 unspecified atom stereocenters. The fraction of sp³-hybridized carbons (Fsp3) is 0.917. The molecule has 1 aliphatic rings. The molecule has 1 rings (SSSR count). The van der Waals surface area contributed by atoms with Crippen LogP contribution in [0, 0.1) is 5.92 Å². The van der Waals surface area contributed by atoms with Gasteiger partial charge < -0.3 is 15.0 Å². The molecular formula is C12H24N2O2. The summed E-state index contributed by atoms with van der Waals surface area (Å²) in [7, 11) is 3.51. The smallest absolute Gasteiger partial charge is 0.222 e. The second kappa shape index (κ2) is 7.63. The summed E-state index contributed by atoms with van der Waals surface area (Å²) in [6.07, 6.45) is 4.20. The van der Waals surface area contributed by atoms with E-state index in [-0.39, 0.29) is 5.91 Å². The number of carbonyl (C=O) groups excluding carboxylic acids is 1. The van der Waals surface area contributed by atoms with Crippen LogP contribution in [0.2, 0.25) is 0 Å². The fourth-order valence-corrected chi connectivity index (χ4v) is 2.04. The van der Waals surface area contributed by atoms with Crippen molar-refractivity contribution in [3.8, 4) is 0 Å². The number of rotatable bonds is 6. The quantitative estimate of drug-likeness (QED) is 0.733. The Kier molecular flexibility index (Phi) is 6.42. The highest BCUT2D eigenvalue weighted by Crippen LogP contribution is 2.16. The monoisotopic (exact) mass is 228 g/mol. The van der Waals surface area contributed by atoms with Crippen LogP contribution in [0.4, 0.5) is 0 Å². The molecule has 1 aliphatic heterocycles. The summed E-state index contributed by atoms with van der Waals surface area (Å²) in [5.74, 6) is 0.927. The summed E-state index contributed by atoms with van der Waals surface area (Å²) >= 11 is 0. The van der Waals surface area contributed by atoms with Crippen molar-refractivity contribution in [2.24, 2.45) is 5.92 Å². The van der Waals surface area contributed by atoms with Crippen molar-refractivity contribution >= 4 is 5.91 Å². The number of nitrogens with zero attached hydrogens (tertiary/aromatic N) is 1. The van der Waals surface area contributed by atoms with Crippen LogP contribution < -0.4 is 5.32 Å². The first-order chi connectivity index (χ1) is 7.74. The standard InChI is InChI=1S/C12H24N2O2/c1-14(8-9-16-2)12(15)6-5-11-4-3-7-13-10-11/h11,13H,3-10H2,1-2H3. The lowest BCUT2D eigenvalue weighted by Crippen LogP contribution is -2.33. The molecule has 1 atom stereocenters. The number of nitrogens with one attached hydrogen (secondary N) is 1. The maximum absolute atomic E-state index is 11.7. The molecule has 0 aliphatic carbocycles. The first kappa shape index (κ1) is 13.5. The third-order valence-corrected chi connectivity index (χ3v) is 3.22. The van der Waals surface area contributed by atoms with Crippen LogP contribution in [0.5, 0.6) is 0 Å². The minimum Gasteiger partial charge on any atom is -0.383 e.